The van der Waals surface area contributed by atoms with Crippen LogP contribution in [-0.2, 0) is 4.74 Å². The maximum absolute atomic E-state index is 11.0. The van der Waals surface area contributed by atoms with Crippen molar-refractivity contribution in [3.8, 4) is 0 Å². The van der Waals surface area contributed by atoms with Gasteiger partial charge in [-0.2, -0.15) is 11.8 Å². The summed E-state index contributed by atoms with van der Waals surface area (Å²) in [6.07, 6.45) is 2.76. The lowest BCUT2D eigenvalue weighted by molar-refractivity contribution is 0.187. The summed E-state index contributed by atoms with van der Waals surface area (Å²) in [5.74, 6) is 1.15. The van der Waals surface area contributed by atoms with Crippen molar-refractivity contribution in [1.82, 2.24) is 0 Å². The molecule has 5 heteroatoms. The fourth-order valence-corrected chi connectivity index (χ4v) is 1.76. The zero-order valence-electron chi connectivity index (χ0n) is 10.2. The number of carbonyl (C=O) groups excluding carboxylic acids is 1. The van der Waals surface area contributed by atoms with E-state index in [9.17, 15) is 4.79 Å². The van der Waals surface area contributed by atoms with E-state index >= 15 is 0 Å². The first kappa shape index (κ1) is 13.7. The first-order valence-electron chi connectivity index (χ1n) is 5.44. The Morgan fingerprint density at radius 3 is 2.88 bits per heavy atom. The van der Waals surface area contributed by atoms with E-state index in [1.807, 2.05) is 36.0 Å². The third-order valence-corrected chi connectivity index (χ3v) is 2.85. The summed E-state index contributed by atoms with van der Waals surface area (Å²) in [5, 5.41) is 5.93. The van der Waals surface area contributed by atoms with Crippen molar-refractivity contribution in [2.75, 3.05) is 36.3 Å². The zero-order chi connectivity index (χ0) is 12.5. The second kappa shape index (κ2) is 7.84. The van der Waals surface area contributed by atoms with Gasteiger partial charge in [0.2, 0.25) is 0 Å². The molecule has 0 saturated carbocycles. The minimum atomic E-state index is -0.454. The van der Waals surface area contributed by atoms with Gasteiger partial charge in [0.15, 0.2) is 0 Å². The Labute approximate surface area is 106 Å². The maximum Gasteiger partial charge on any atom is 0.411 e. The third-order valence-electron chi connectivity index (χ3n) is 2.15. The highest BCUT2D eigenvalue weighted by Crippen LogP contribution is 2.15. The van der Waals surface area contributed by atoms with Crippen molar-refractivity contribution in [3.63, 3.8) is 0 Å². The zero-order valence-corrected chi connectivity index (χ0v) is 11.0. The van der Waals surface area contributed by atoms with E-state index in [1.165, 1.54) is 7.11 Å². The SMILES string of the molecule is COC(=O)Nc1cccc(NCCCSC)c1. The molecule has 0 atom stereocenters. The standard InChI is InChI=1S/C12H18N2O2S/c1-16-12(15)14-11-6-3-5-10(9-11)13-7-4-8-17-2/h3,5-6,9,13H,4,7-8H2,1-2H3,(H,14,15). The fraction of sp³-hybridized carbons (Fsp3) is 0.417. The molecular weight excluding hydrogens is 236 g/mol. The predicted molar refractivity (Wildman–Crippen MR) is 74.0 cm³/mol. The molecule has 2 N–H and O–H groups in total. The van der Waals surface area contributed by atoms with Crippen LogP contribution in [0.4, 0.5) is 16.2 Å². The average molecular weight is 254 g/mol. The minimum Gasteiger partial charge on any atom is -0.453 e. The number of ether oxygens (including phenoxy) is 1. The molecule has 1 aromatic carbocycles. The number of anilines is 2. The first-order chi connectivity index (χ1) is 8.26. The van der Waals surface area contributed by atoms with E-state index in [1.54, 1.807) is 0 Å². The lowest BCUT2D eigenvalue weighted by Gasteiger charge is -2.08. The van der Waals surface area contributed by atoms with Gasteiger partial charge in [-0.15, -0.1) is 0 Å². The number of methoxy groups -OCH3 is 1. The molecule has 94 valence electrons. The van der Waals surface area contributed by atoms with Crippen molar-refractivity contribution >= 4 is 29.2 Å². The molecule has 17 heavy (non-hydrogen) atoms. The average Bonchev–Trinajstić information content (AvgIpc) is 2.35. The Bertz CT molecular complexity index is 358. The first-order valence-corrected chi connectivity index (χ1v) is 6.83. The molecule has 0 aliphatic rings. The van der Waals surface area contributed by atoms with Crippen LogP contribution in [0, 0.1) is 0 Å². The second-order valence-electron chi connectivity index (χ2n) is 3.47. The van der Waals surface area contributed by atoms with Crippen molar-refractivity contribution in [2.45, 2.75) is 6.42 Å². The Kier molecular flexibility index (Phi) is 6.32. The summed E-state index contributed by atoms with van der Waals surface area (Å²) in [7, 11) is 1.35. The van der Waals surface area contributed by atoms with Crippen LogP contribution < -0.4 is 10.6 Å². The van der Waals surface area contributed by atoms with Gasteiger partial charge in [-0.05, 0) is 36.6 Å². The number of hydrogen-bond donors (Lipinski definition) is 2. The number of hydrogen-bond acceptors (Lipinski definition) is 4. The van der Waals surface area contributed by atoms with Crippen molar-refractivity contribution in [2.24, 2.45) is 0 Å². The second-order valence-corrected chi connectivity index (χ2v) is 4.46. The number of carbonyl (C=O) groups is 1. The van der Waals surface area contributed by atoms with E-state index in [0.29, 0.717) is 0 Å². The quantitative estimate of drug-likeness (QED) is 0.766. The molecule has 0 saturated heterocycles. The number of rotatable bonds is 6. The molecule has 0 bridgehead atoms. The van der Waals surface area contributed by atoms with Crippen molar-refractivity contribution in [1.29, 1.82) is 0 Å². The Morgan fingerprint density at radius 2 is 2.18 bits per heavy atom. The smallest absolute Gasteiger partial charge is 0.411 e. The number of nitrogens with one attached hydrogen (secondary N) is 2. The molecule has 0 radical (unpaired) electrons. The minimum absolute atomic E-state index is 0.454. The van der Waals surface area contributed by atoms with Gasteiger partial charge in [0, 0.05) is 17.9 Å². The summed E-state index contributed by atoms with van der Waals surface area (Å²) < 4.78 is 4.53. The molecule has 1 rings (SSSR count). The largest absolute Gasteiger partial charge is 0.453 e. The molecule has 0 unspecified atom stereocenters. The molecule has 0 aliphatic heterocycles. The number of thioether (sulfide) groups is 1. The van der Waals surface area contributed by atoms with Gasteiger partial charge in [0.25, 0.3) is 0 Å². The molecule has 0 aromatic heterocycles. The van der Waals surface area contributed by atoms with E-state index in [-0.39, 0.29) is 0 Å². The van der Waals surface area contributed by atoms with E-state index in [0.717, 1.165) is 30.1 Å². The van der Waals surface area contributed by atoms with Gasteiger partial charge in [0.1, 0.15) is 0 Å². The van der Waals surface area contributed by atoms with Gasteiger partial charge in [-0.1, -0.05) is 6.07 Å². The van der Waals surface area contributed by atoms with E-state index in [4.69, 9.17) is 0 Å². The monoisotopic (exact) mass is 254 g/mol. The van der Waals surface area contributed by atoms with E-state index < -0.39 is 6.09 Å². The summed E-state index contributed by atoms with van der Waals surface area (Å²) in [4.78, 5) is 11.0. The molecule has 1 aromatic rings. The highest BCUT2D eigenvalue weighted by Gasteiger charge is 2.00. The summed E-state index contributed by atoms with van der Waals surface area (Å²) >= 11 is 1.84. The lowest BCUT2D eigenvalue weighted by Crippen LogP contribution is -2.11. The molecular formula is C12H18N2O2S. The molecule has 0 heterocycles. The summed E-state index contributed by atoms with van der Waals surface area (Å²) in [6.45, 7) is 0.933. The van der Waals surface area contributed by atoms with Crippen LogP contribution in [0.1, 0.15) is 6.42 Å². The third kappa shape index (κ3) is 5.49. The van der Waals surface area contributed by atoms with Crippen LogP contribution in [0.3, 0.4) is 0 Å². The van der Waals surface area contributed by atoms with Crippen molar-refractivity contribution < 1.29 is 9.53 Å². The van der Waals surface area contributed by atoms with Crippen LogP contribution in [0.15, 0.2) is 24.3 Å². The van der Waals surface area contributed by atoms with Gasteiger partial charge in [0.05, 0.1) is 7.11 Å². The topological polar surface area (TPSA) is 50.4 Å². The predicted octanol–water partition coefficient (Wildman–Crippen LogP) is 3.03. The summed E-state index contributed by atoms with van der Waals surface area (Å²) in [5.41, 5.74) is 1.73. The van der Waals surface area contributed by atoms with Crippen molar-refractivity contribution in [3.05, 3.63) is 24.3 Å². The van der Waals surface area contributed by atoms with E-state index in [2.05, 4.69) is 21.6 Å². The Hall–Kier alpha value is -1.36. The Balaban J connectivity index is 2.45. The van der Waals surface area contributed by atoms with Gasteiger partial charge in [-0.25, -0.2) is 4.79 Å². The summed E-state index contributed by atoms with van der Waals surface area (Å²) in [6, 6.07) is 7.57. The Morgan fingerprint density at radius 1 is 1.41 bits per heavy atom. The van der Waals surface area contributed by atoms with Gasteiger partial charge in [-0.3, -0.25) is 5.32 Å². The molecule has 1 amide bonds. The highest BCUT2D eigenvalue weighted by atomic mass is 32.2. The molecule has 0 fully saturated rings. The van der Waals surface area contributed by atoms with Gasteiger partial charge >= 0.3 is 6.09 Å². The number of benzene rings is 1. The van der Waals surface area contributed by atoms with Crippen LogP contribution >= 0.6 is 11.8 Å². The van der Waals surface area contributed by atoms with Gasteiger partial charge < -0.3 is 10.1 Å². The molecule has 0 aliphatic carbocycles. The normalized spacial score (nSPS) is 9.76. The van der Waals surface area contributed by atoms with Crippen LogP contribution in [-0.4, -0.2) is 31.8 Å². The molecule has 4 nitrogen and oxygen atoms in total. The number of amides is 1. The van der Waals surface area contributed by atoms with Crippen LogP contribution in [0.25, 0.3) is 0 Å². The maximum atomic E-state index is 11.0. The van der Waals surface area contributed by atoms with Crippen LogP contribution in [0.2, 0.25) is 0 Å². The highest BCUT2D eigenvalue weighted by molar-refractivity contribution is 7.98. The van der Waals surface area contributed by atoms with Crippen LogP contribution in [0.5, 0.6) is 0 Å². The lowest BCUT2D eigenvalue weighted by atomic mass is 10.2. The fourth-order valence-electron chi connectivity index (χ4n) is 1.33. The molecule has 0 spiro atoms.